The van der Waals surface area contributed by atoms with Gasteiger partial charge in [0, 0.05) is 22.2 Å². The lowest BCUT2D eigenvalue weighted by molar-refractivity contribution is -0.384. The highest BCUT2D eigenvalue weighted by atomic mass is 35.5. The van der Waals surface area contributed by atoms with E-state index in [2.05, 4.69) is 0 Å². The molecule has 0 aliphatic carbocycles. The van der Waals surface area contributed by atoms with E-state index in [4.69, 9.17) is 23.2 Å². The van der Waals surface area contributed by atoms with E-state index in [9.17, 15) is 15.4 Å². The van der Waals surface area contributed by atoms with Crippen LogP contribution in [0.1, 0.15) is 11.1 Å². The van der Waals surface area contributed by atoms with Crippen molar-refractivity contribution in [2.24, 2.45) is 0 Å². The van der Waals surface area contributed by atoms with Crippen LogP contribution in [0.4, 0.5) is 5.69 Å². The second-order valence-corrected chi connectivity index (χ2v) is 5.36. The lowest BCUT2D eigenvalue weighted by Gasteiger charge is -2.00. The van der Waals surface area contributed by atoms with Crippen molar-refractivity contribution in [3.63, 3.8) is 0 Å². The van der Waals surface area contributed by atoms with Crippen molar-refractivity contribution in [3.8, 4) is 6.07 Å². The van der Waals surface area contributed by atoms with Crippen LogP contribution in [0.25, 0.3) is 10.6 Å². The summed E-state index contributed by atoms with van der Waals surface area (Å²) < 4.78 is 0. The molecule has 0 saturated heterocycles. The summed E-state index contributed by atoms with van der Waals surface area (Å²) in [6.45, 7) is 0. The SMILES string of the molecule is N#C/C(=C/C=C(\Cl)c1ccc(Cl)cc1)c1ccc([N+](=O)[O-])cc1. The molecule has 2 aromatic carbocycles. The van der Waals surface area contributed by atoms with Crippen LogP contribution in [0, 0.1) is 21.4 Å². The van der Waals surface area contributed by atoms with Gasteiger partial charge in [0.15, 0.2) is 0 Å². The number of hydrogen-bond donors (Lipinski definition) is 0. The molecule has 0 amide bonds. The van der Waals surface area contributed by atoms with E-state index in [0.717, 1.165) is 5.56 Å². The Morgan fingerprint density at radius 2 is 1.61 bits per heavy atom. The Balaban J connectivity index is 2.27. The first-order chi connectivity index (χ1) is 11.0. The van der Waals surface area contributed by atoms with Gasteiger partial charge in [0.25, 0.3) is 5.69 Å². The lowest BCUT2D eigenvalue weighted by atomic mass is 10.1. The van der Waals surface area contributed by atoms with Gasteiger partial charge in [-0.2, -0.15) is 5.26 Å². The van der Waals surface area contributed by atoms with Crippen LogP contribution in [0.3, 0.4) is 0 Å². The molecule has 0 atom stereocenters. The fourth-order valence-electron chi connectivity index (χ4n) is 1.82. The van der Waals surface area contributed by atoms with Gasteiger partial charge in [0.05, 0.1) is 16.6 Å². The molecule has 4 nitrogen and oxygen atoms in total. The van der Waals surface area contributed by atoms with Gasteiger partial charge < -0.3 is 0 Å². The van der Waals surface area contributed by atoms with E-state index in [1.807, 2.05) is 6.07 Å². The number of nitrogens with zero attached hydrogens (tertiary/aromatic N) is 2. The van der Waals surface area contributed by atoms with Crippen molar-refractivity contribution >= 4 is 39.5 Å². The third-order valence-corrected chi connectivity index (χ3v) is 3.62. The van der Waals surface area contributed by atoms with Gasteiger partial charge in [-0.3, -0.25) is 10.1 Å². The summed E-state index contributed by atoms with van der Waals surface area (Å²) in [6, 6.07) is 14.8. The van der Waals surface area contributed by atoms with Crippen LogP contribution in [-0.2, 0) is 0 Å². The van der Waals surface area contributed by atoms with Crippen molar-refractivity contribution in [3.05, 3.63) is 86.9 Å². The highest BCUT2D eigenvalue weighted by molar-refractivity contribution is 6.49. The highest BCUT2D eigenvalue weighted by Gasteiger charge is 2.06. The third-order valence-electron chi connectivity index (χ3n) is 3.03. The first kappa shape index (κ1) is 16.8. The summed E-state index contributed by atoms with van der Waals surface area (Å²) in [6.07, 6.45) is 3.17. The summed E-state index contributed by atoms with van der Waals surface area (Å²) >= 11 is 12.0. The summed E-state index contributed by atoms with van der Waals surface area (Å²) in [5.41, 5.74) is 1.68. The third kappa shape index (κ3) is 4.43. The van der Waals surface area contributed by atoms with Crippen LogP contribution >= 0.6 is 23.2 Å². The lowest BCUT2D eigenvalue weighted by Crippen LogP contribution is -1.88. The van der Waals surface area contributed by atoms with Gasteiger partial charge >= 0.3 is 0 Å². The number of nitro benzene ring substituents is 1. The van der Waals surface area contributed by atoms with Gasteiger partial charge in [0.1, 0.15) is 0 Å². The van der Waals surface area contributed by atoms with Crippen LogP contribution in [0.2, 0.25) is 5.02 Å². The van der Waals surface area contributed by atoms with Crippen molar-refractivity contribution in [1.82, 2.24) is 0 Å². The van der Waals surface area contributed by atoms with Crippen LogP contribution in [-0.4, -0.2) is 4.92 Å². The molecule has 0 fully saturated rings. The smallest absolute Gasteiger partial charge is 0.258 e. The number of benzene rings is 2. The van der Waals surface area contributed by atoms with E-state index in [-0.39, 0.29) is 5.69 Å². The van der Waals surface area contributed by atoms with Gasteiger partial charge in [-0.15, -0.1) is 0 Å². The Labute approximate surface area is 143 Å². The van der Waals surface area contributed by atoms with Gasteiger partial charge in [-0.05, 0) is 47.5 Å². The molecule has 23 heavy (non-hydrogen) atoms. The average molecular weight is 345 g/mol. The topological polar surface area (TPSA) is 66.9 Å². The van der Waals surface area contributed by atoms with Crippen molar-refractivity contribution in [2.75, 3.05) is 0 Å². The number of hydrogen-bond acceptors (Lipinski definition) is 3. The molecule has 0 spiro atoms. The minimum atomic E-state index is -0.489. The summed E-state index contributed by atoms with van der Waals surface area (Å²) in [5, 5.41) is 20.9. The second-order valence-electron chi connectivity index (χ2n) is 4.52. The maximum atomic E-state index is 10.6. The fourth-order valence-corrected chi connectivity index (χ4v) is 2.14. The Kier molecular flexibility index (Phi) is 5.53. The van der Waals surface area contributed by atoms with Gasteiger partial charge in [-0.25, -0.2) is 0 Å². The number of nitro groups is 1. The van der Waals surface area contributed by atoms with Gasteiger partial charge in [-0.1, -0.05) is 35.3 Å². The molecule has 0 N–H and O–H groups in total. The molecule has 0 bridgehead atoms. The van der Waals surface area contributed by atoms with Crippen LogP contribution in [0.15, 0.2) is 60.7 Å². The zero-order valence-electron chi connectivity index (χ0n) is 11.7. The predicted octanol–water partition coefficient (Wildman–Crippen LogP) is 5.44. The van der Waals surface area contributed by atoms with Gasteiger partial charge in [0.2, 0.25) is 0 Å². The van der Waals surface area contributed by atoms with E-state index < -0.39 is 4.92 Å². The fraction of sp³-hybridized carbons (Fsp3) is 0. The number of non-ortho nitro benzene ring substituents is 1. The molecule has 0 aromatic heterocycles. The molecule has 2 rings (SSSR count). The zero-order valence-corrected chi connectivity index (χ0v) is 13.3. The average Bonchev–Trinajstić information content (AvgIpc) is 2.56. The first-order valence-corrected chi connectivity index (χ1v) is 7.25. The van der Waals surface area contributed by atoms with E-state index in [1.54, 1.807) is 36.4 Å². The van der Waals surface area contributed by atoms with Crippen molar-refractivity contribution in [2.45, 2.75) is 0 Å². The Hall–Kier alpha value is -2.61. The monoisotopic (exact) mass is 344 g/mol. The molecular weight excluding hydrogens is 335 g/mol. The molecular formula is C17H10Cl2N2O2. The number of rotatable bonds is 4. The molecule has 2 aromatic rings. The second kappa shape index (κ2) is 7.59. The Morgan fingerprint density at radius 3 is 2.13 bits per heavy atom. The van der Waals surface area contributed by atoms with Crippen molar-refractivity contribution in [1.29, 1.82) is 5.26 Å². The minimum absolute atomic E-state index is 0.0271. The maximum absolute atomic E-state index is 10.6. The largest absolute Gasteiger partial charge is 0.269 e. The zero-order chi connectivity index (χ0) is 16.8. The van der Waals surface area contributed by atoms with E-state index >= 15 is 0 Å². The standard InChI is InChI=1S/C17H10Cl2N2O2/c18-15-6-1-13(2-7-15)17(19)10-5-14(11-20)12-3-8-16(9-4-12)21(22)23/h1-10H/b14-5-,17-10-. The molecule has 6 heteroatoms. The molecule has 0 heterocycles. The first-order valence-electron chi connectivity index (χ1n) is 6.49. The molecule has 0 aliphatic heterocycles. The molecule has 0 aliphatic rings. The Bertz CT molecular complexity index is 817. The molecule has 0 unspecified atom stereocenters. The van der Waals surface area contributed by atoms with E-state index in [0.29, 0.717) is 21.2 Å². The maximum Gasteiger partial charge on any atom is 0.269 e. The predicted molar refractivity (Wildman–Crippen MR) is 92.0 cm³/mol. The Morgan fingerprint density at radius 1 is 1.04 bits per heavy atom. The normalized spacial score (nSPS) is 11.9. The molecule has 0 saturated carbocycles. The summed E-state index contributed by atoms with van der Waals surface area (Å²) in [4.78, 5) is 10.1. The molecule has 114 valence electrons. The van der Waals surface area contributed by atoms with Crippen molar-refractivity contribution < 1.29 is 4.92 Å². The minimum Gasteiger partial charge on any atom is -0.258 e. The van der Waals surface area contributed by atoms with Crippen LogP contribution < -0.4 is 0 Å². The quantitative estimate of drug-likeness (QED) is 0.321. The van der Waals surface area contributed by atoms with E-state index in [1.165, 1.54) is 24.3 Å². The number of allylic oxidation sites excluding steroid dienone is 3. The van der Waals surface area contributed by atoms with Crippen LogP contribution in [0.5, 0.6) is 0 Å². The number of halogens is 2. The summed E-state index contributed by atoms with van der Waals surface area (Å²) in [7, 11) is 0. The highest BCUT2D eigenvalue weighted by Crippen LogP contribution is 2.23. The summed E-state index contributed by atoms with van der Waals surface area (Å²) in [5.74, 6) is 0. The molecule has 0 radical (unpaired) electrons. The number of nitriles is 1.